The lowest BCUT2D eigenvalue weighted by atomic mass is 10.2. The molecule has 0 aliphatic heterocycles. The molecule has 0 aromatic heterocycles. The standard InChI is InChI=1S/C17H37NO5S/c1-4-7-13-22-15-16-23-14-12-18(9-5-2,10-6-3)11-8-17-24(19,20)21/h4-17H2,1-3H3/p+1. The molecule has 0 spiro atoms. The smallest absolute Gasteiger partial charge is 0.265 e. The zero-order valence-corrected chi connectivity index (χ0v) is 16.7. The van der Waals surface area contributed by atoms with Gasteiger partial charge in [-0.15, -0.1) is 0 Å². The van der Waals surface area contributed by atoms with Crippen molar-refractivity contribution in [3.05, 3.63) is 0 Å². The van der Waals surface area contributed by atoms with Crippen LogP contribution in [0.25, 0.3) is 0 Å². The Hall–Kier alpha value is -0.210. The van der Waals surface area contributed by atoms with Gasteiger partial charge in [-0.1, -0.05) is 27.2 Å². The van der Waals surface area contributed by atoms with Crippen molar-refractivity contribution in [2.45, 2.75) is 52.9 Å². The maximum atomic E-state index is 11.0. The molecule has 0 atom stereocenters. The van der Waals surface area contributed by atoms with Gasteiger partial charge in [-0.2, -0.15) is 8.42 Å². The fourth-order valence-electron chi connectivity index (χ4n) is 3.03. The molecule has 0 rings (SSSR count). The van der Waals surface area contributed by atoms with Gasteiger partial charge >= 0.3 is 0 Å². The summed E-state index contributed by atoms with van der Waals surface area (Å²) in [4.78, 5) is 0. The van der Waals surface area contributed by atoms with E-state index in [2.05, 4.69) is 20.8 Å². The van der Waals surface area contributed by atoms with Crippen molar-refractivity contribution in [3.63, 3.8) is 0 Å². The Morgan fingerprint density at radius 3 is 1.83 bits per heavy atom. The highest BCUT2D eigenvalue weighted by molar-refractivity contribution is 7.85. The van der Waals surface area contributed by atoms with Crippen LogP contribution in [0.5, 0.6) is 0 Å². The predicted molar refractivity (Wildman–Crippen MR) is 97.9 cm³/mol. The van der Waals surface area contributed by atoms with Crippen molar-refractivity contribution in [2.24, 2.45) is 0 Å². The molecule has 1 N–H and O–H groups in total. The topological polar surface area (TPSA) is 72.8 Å². The molecule has 6 nitrogen and oxygen atoms in total. The van der Waals surface area contributed by atoms with Crippen LogP contribution in [0.15, 0.2) is 0 Å². The third kappa shape index (κ3) is 13.1. The molecule has 0 aromatic carbocycles. The Morgan fingerprint density at radius 2 is 1.33 bits per heavy atom. The molecule has 0 aliphatic rings. The average molecular weight is 369 g/mol. The molecule has 7 heteroatoms. The summed E-state index contributed by atoms with van der Waals surface area (Å²) in [6, 6.07) is 0. The molecule has 0 saturated carbocycles. The Labute approximate surface area is 148 Å². The Kier molecular flexibility index (Phi) is 13.9. The van der Waals surface area contributed by atoms with Crippen molar-refractivity contribution in [2.75, 3.05) is 58.4 Å². The van der Waals surface area contributed by atoms with Gasteiger partial charge in [-0.3, -0.25) is 4.55 Å². The van der Waals surface area contributed by atoms with Gasteiger partial charge < -0.3 is 14.0 Å². The van der Waals surface area contributed by atoms with Gasteiger partial charge in [0.15, 0.2) is 0 Å². The Morgan fingerprint density at radius 1 is 0.750 bits per heavy atom. The highest BCUT2D eigenvalue weighted by atomic mass is 32.2. The van der Waals surface area contributed by atoms with Crippen LogP contribution >= 0.6 is 0 Å². The van der Waals surface area contributed by atoms with Crippen LogP contribution in [0, 0.1) is 0 Å². The third-order valence-corrected chi connectivity index (χ3v) is 4.96. The molecule has 0 bridgehead atoms. The summed E-state index contributed by atoms with van der Waals surface area (Å²) >= 11 is 0. The van der Waals surface area contributed by atoms with Gasteiger partial charge in [-0.05, 0) is 19.3 Å². The lowest BCUT2D eigenvalue weighted by molar-refractivity contribution is -0.928. The van der Waals surface area contributed by atoms with E-state index in [0.29, 0.717) is 26.2 Å². The molecule has 0 fully saturated rings. The van der Waals surface area contributed by atoms with E-state index in [1.165, 1.54) is 0 Å². The predicted octanol–water partition coefficient (Wildman–Crippen LogP) is 2.73. The minimum Gasteiger partial charge on any atom is -0.379 e. The maximum absolute atomic E-state index is 11.0. The molecule has 24 heavy (non-hydrogen) atoms. The molecule has 0 unspecified atom stereocenters. The molecular formula is C17H38NO5S+. The lowest BCUT2D eigenvalue weighted by Gasteiger charge is -2.38. The molecule has 0 aliphatic carbocycles. The third-order valence-electron chi connectivity index (χ3n) is 4.15. The van der Waals surface area contributed by atoms with Crippen molar-refractivity contribution >= 4 is 10.1 Å². The highest BCUT2D eigenvalue weighted by Crippen LogP contribution is 2.12. The van der Waals surface area contributed by atoms with E-state index in [1.54, 1.807) is 0 Å². The average Bonchev–Trinajstić information content (AvgIpc) is 2.49. The van der Waals surface area contributed by atoms with Crippen LogP contribution in [0.4, 0.5) is 0 Å². The van der Waals surface area contributed by atoms with Gasteiger partial charge in [0.05, 0.1) is 45.2 Å². The second kappa shape index (κ2) is 14.0. The van der Waals surface area contributed by atoms with Crippen LogP contribution in [0.3, 0.4) is 0 Å². The van der Waals surface area contributed by atoms with Gasteiger partial charge in [0.1, 0.15) is 6.54 Å². The van der Waals surface area contributed by atoms with E-state index in [-0.39, 0.29) is 5.75 Å². The Bertz CT molecular complexity index is 380. The summed E-state index contributed by atoms with van der Waals surface area (Å²) in [5.41, 5.74) is 0. The fraction of sp³-hybridized carbons (Fsp3) is 1.00. The van der Waals surface area contributed by atoms with Crippen molar-refractivity contribution in [3.8, 4) is 0 Å². The summed E-state index contributed by atoms with van der Waals surface area (Å²) in [7, 11) is -3.87. The molecule has 0 radical (unpaired) electrons. The second-order valence-electron chi connectivity index (χ2n) is 6.45. The number of quaternary nitrogens is 1. The number of hydrogen-bond acceptors (Lipinski definition) is 4. The first-order valence-corrected chi connectivity index (χ1v) is 11.0. The van der Waals surface area contributed by atoms with Crippen LogP contribution in [0.2, 0.25) is 0 Å². The number of rotatable bonds is 17. The van der Waals surface area contributed by atoms with E-state index in [0.717, 1.165) is 63.0 Å². The molecule has 0 heterocycles. The van der Waals surface area contributed by atoms with E-state index in [4.69, 9.17) is 14.0 Å². The minimum absolute atomic E-state index is 0.160. The SMILES string of the molecule is CCCCOCCOCC[N+](CCC)(CCC)CCCS(=O)(=O)O. The quantitative estimate of drug-likeness (QED) is 0.243. The summed E-state index contributed by atoms with van der Waals surface area (Å²) in [5, 5.41) is 0. The molecule has 0 amide bonds. The minimum atomic E-state index is -3.87. The second-order valence-corrected chi connectivity index (χ2v) is 8.03. The normalized spacial score (nSPS) is 12.7. The number of nitrogens with zero attached hydrogens (tertiary/aromatic N) is 1. The van der Waals surface area contributed by atoms with Crippen molar-refractivity contribution in [1.29, 1.82) is 0 Å². The van der Waals surface area contributed by atoms with Crippen LogP contribution in [-0.2, 0) is 19.6 Å². The van der Waals surface area contributed by atoms with Gasteiger partial charge in [0.2, 0.25) is 0 Å². The first-order chi connectivity index (χ1) is 11.4. The summed E-state index contributed by atoms with van der Waals surface area (Å²) in [6.07, 6.45) is 4.80. The van der Waals surface area contributed by atoms with E-state index < -0.39 is 10.1 Å². The van der Waals surface area contributed by atoms with Crippen molar-refractivity contribution < 1.29 is 26.9 Å². The molecule has 0 aromatic rings. The maximum Gasteiger partial charge on any atom is 0.265 e. The zero-order chi connectivity index (χ0) is 18.3. The Balaban J connectivity index is 4.23. The first-order valence-electron chi connectivity index (χ1n) is 9.35. The van der Waals surface area contributed by atoms with Crippen LogP contribution < -0.4 is 0 Å². The zero-order valence-electron chi connectivity index (χ0n) is 15.8. The van der Waals surface area contributed by atoms with Gasteiger partial charge in [0.25, 0.3) is 10.1 Å². The highest BCUT2D eigenvalue weighted by Gasteiger charge is 2.25. The first kappa shape index (κ1) is 23.8. The fourth-order valence-corrected chi connectivity index (χ4v) is 3.52. The summed E-state index contributed by atoms with van der Waals surface area (Å²) in [5.74, 6) is -0.160. The monoisotopic (exact) mass is 368 g/mol. The number of hydrogen-bond donors (Lipinski definition) is 1. The van der Waals surface area contributed by atoms with Gasteiger partial charge in [-0.25, -0.2) is 0 Å². The molecular weight excluding hydrogens is 330 g/mol. The largest absolute Gasteiger partial charge is 0.379 e. The van der Waals surface area contributed by atoms with E-state index >= 15 is 0 Å². The summed E-state index contributed by atoms with van der Waals surface area (Å²) in [6.45, 7) is 12.8. The molecule has 146 valence electrons. The number of unbranched alkanes of at least 4 members (excludes halogenated alkanes) is 1. The van der Waals surface area contributed by atoms with Crippen LogP contribution in [0.1, 0.15) is 52.9 Å². The number of ether oxygens (including phenoxy) is 2. The van der Waals surface area contributed by atoms with E-state index in [1.807, 2.05) is 0 Å². The molecule has 0 saturated heterocycles. The van der Waals surface area contributed by atoms with E-state index in [9.17, 15) is 8.42 Å². The van der Waals surface area contributed by atoms with Crippen molar-refractivity contribution in [1.82, 2.24) is 0 Å². The van der Waals surface area contributed by atoms with Crippen LogP contribution in [-0.4, -0.2) is 75.8 Å². The van der Waals surface area contributed by atoms with Gasteiger partial charge in [0, 0.05) is 13.0 Å². The summed E-state index contributed by atoms with van der Waals surface area (Å²) < 4.78 is 42.9. The lowest BCUT2D eigenvalue weighted by Crippen LogP contribution is -2.52.